The molecule has 0 amide bonds. The monoisotopic (exact) mass is 274 g/mol. The first-order valence-corrected chi connectivity index (χ1v) is 7.42. The smallest absolute Gasteiger partial charge is 0.339 e. The molecule has 0 saturated heterocycles. The predicted molar refractivity (Wildman–Crippen MR) is 79.7 cm³/mol. The van der Waals surface area contributed by atoms with Gasteiger partial charge in [-0.05, 0) is 29.9 Å². The summed E-state index contributed by atoms with van der Waals surface area (Å²) in [4.78, 5) is 13.2. The molecule has 0 bridgehead atoms. The summed E-state index contributed by atoms with van der Waals surface area (Å²) >= 11 is 1.60. The Bertz CT molecular complexity index is 543. The van der Waals surface area contributed by atoms with Crippen LogP contribution in [0.15, 0.2) is 35.7 Å². The zero-order chi connectivity index (χ0) is 13.7. The van der Waals surface area contributed by atoms with Gasteiger partial charge in [-0.25, -0.2) is 4.79 Å². The molecular formula is C16H18O2S. The lowest BCUT2D eigenvalue weighted by atomic mass is 10.1. The van der Waals surface area contributed by atoms with Crippen LogP contribution in [0.2, 0.25) is 0 Å². The third kappa shape index (κ3) is 3.24. The van der Waals surface area contributed by atoms with Crippen LogP contribution in [-0.2, 0) is 4.74 Å². The van der Waals surface area contributed by atoms with E-state index in [1.54, 1.807) is 11.3 Å². The molecule has 0 saturated carbocycles. The minimum Gasteiger partial charge on any atom is -0.462 e. The second-order valence-electron chi connectivity index (χ2n) is 4.48. The van der Waals surface area contributed by atoms with E-state index in [1.165, 1.54) is 0 Å². The number of benzene rings is 1. The van der Waals surface area contributed by atoms with Gasteiger partial charge in [-0.3, -0.25) is 0 Å². The van der Waals surface area contributed by atoms with E-state index in [-0.39, 0.29) is 5.97 Å². The summed E-state index contributed by atoms with van der Waals surface area (Å²) in [6.45, 7) is 4.54. The van der Waals surface area contributed by atoms with Crippen molar-refractivity contribution in [2.45, 2.75) is 26.7 Å². The highest BCUT2D eigenvalue weighted by Gasteiger charge is 2.18. The molecule has 100 valence electrons. The summed E-state index contributed by atoms with van der Waals surface area (Å²) in [5.41, 5.74) is 2.78. The van der Waals surface area contributed by atoms with Gasteiger partial charge < -0.3 is 4.74 Å². The predicted octanol–water partition coefficient (Wildman–Crippen LogP) is 4.68. The Labute approximate surface area is 118 Å². The van der Waals surface area contributed by atoms with Crippen molar-refractivity contribution in [3.05, 3.63) is 46.8 Å². The van der Waals surface area contributed by atoms with E-state index >= 15 is 0 Å². The van der Waals surface area contributed by atoms with E-state index in [2.05, 4.69) is 6.92 Å². The van der Waals surface area contributed by atoms with Gasteiger partial charge in [0.05, 0.1) is 12.2 Å². The number of unbranched alkanes of at least 4 members (excludes halogenated alkanes) is 1. The average Bonchev–Trinajstić information content (AvgIpc) is 2.82. The molecule has 0 spiro atoms. The summed E-state index contributed by atoms with van der Waals surface area (Å²) in [6, 6.07) is 9.98. The zero-order valence-electron chi connectivity index (χ0n) is 11.3. The van der Waals surface area contributed by atoms with Gasteiger partial charge in [-0.1, -0.05) is 43.7 Å². The van der Waals surface area contributed by atoms with E-state index < -0.39 is 0 Å². The molecule has 0 unspecified atom stereocenters. The van der Waals surface area contributed by atoms with Crippen LogP contribution >= 0.6 is 11.3 Å². The maximum absolute atomic E-state index is 12.2. The largest absolute Gasteiger partial charge is 0.462 e. The van der Waals surface area contributed by atoms with Crippen molar-refractivity contribution >= 4 is 17.3 Å². The normalized spacial score (nSPS) is 10.4. The molecule has 2 aromatic rings. The van der Waals surface area contributed by atoms with Crippen molar-refractivity contribution in [3.8, 4) is 10.4 Å². The number of ether oxygens (including phenoxy) is 1. The van der Waals surface area contributed by atoms with Crippen LogP contribution in [0.4, 0.5) is 0 Å². The molecule has 0 atom stereocenters. The van der Waals surface area contributed by atoms with Crippen LogP contribution in [0.5, 0.6) is 0 Å². The molecule has 0 aliphatic heterocycles. The highest BCUT2D eigenvalue weighted by atomic mass is 32.1. The minimum absolute atomic E-state index is 0.203. The van der Waals surface area contributed by atoms with Crippen molar-refractivity contribution in [1.82, 2.24) is 0 Å². The summed E-state index contributed by atoms with van der Waals surface area (Å²) in [5, 5.41) is 2.01. The Kier molecular flexibility index (Phi) is 4.74. The van der Waals surface area contributed by atoms with Crippen LogP contribution in [-0.4, -0.2) is 12.6 Å². The summed E-state index contributed by atoms with van der Waals surface area (Å²) in [6.07, 6.45) is 1.94. The Morgan fingerprint density at radius 1 is 1.26 bits per heavy atom. The van der Waals surface area contributed by atoms with E-state index in [0.29, 0.717) is 12.2 Å². The van der Waals surface area contributed by atoms with E-state index in [4.69, 9.17) is 4.74 Å². The number of rotatable bonds is 5. The number of esters is 1. The maximum atomic E-state index is 12.2. The molecule has 2 nitrogen and oxygen atoms in total. The van der Waals surface area contributed by atoms with Gasteiger partial charge in [-0.15, -0.1) is 11.3 Å². The van der Waals surface area contributed by atoms with Gasteiger partial charge >= 0.3 is 5.97 Å². The molecule has 0 aliphatic rings. The van der Waals surface area contributed by atoms with Gasteiger partial charge in [-0.2, -0.15) is 0 Å². The number of thiophene rings is 1. The van der Waals surface area contributed by atoms with Gasteiger partial charge in [0.1, 0.15) is 0 Å². The third-order valence-electron chi connectivity index (χ3n) is 2.95. The topological polar surface area (TPSA) is 26.3 Å². The molecule has 0 N–H and O–H groups in total. The highest BCUT2D eigenvalue weighted by Crippen LogP contribution is 2.32. The zero-order valence-corrected chi connectivity index (χ0v) is 12.1. The van der Waals surface area contributed by atoms with Gasteiger partial charge in [0, 0.05) is 4.88 Å². The van der Waals surface area contributed by atoms with Crippen molar-refractivity contribution < 1.29 is 9.53 Å². The summed E-state index contributed by atoms with van der Waals surface area (Å²) in [5.74, 6) is -0.203. The molecule has 3 heteroatoms. The third-order valence-corrected chi connectivity index (χ3v) is 4.09. The number of carbonyl (C=O) groups is 1. The molecular weight excluding hydrogens is 256 g/mol. The number of hydrogen-bond donors (Lipinski definition) is 0. The van der Waals surface area contributed by atoms with Crippen LogP contribution in [0.25, 0.3) is 10.4 Å². The molecule has 19 heavy (non-hydrogen) atoms. The lowest BCUT2D eigenvalue weighted by Crippen LogP contribution is -2.07. The van der Waals surface area contributed by atoms with Crippen LogP contribution in [0, 0.1) is 6.92 Å². The molecule has 0 fully saturated rings. The number of hydrogen-bond acceptors (Lipinski definition) is 3. The van der Waals surface area contributed by atoms with E-state index in [9.17, 15) is 4.79 Å². The second kappa shape index (κ2) is 6.53. The van der Waals surface area contributed by atoms with Crippen molar-refractivity contribution in [2.24, 2.45) is 0 Å². The van der Waals surface area contributed by atoms with Crippen molar-refractivity contribution in [1.29, 1.82) is 0 Å². The molecule has 0 aliphatic carbocycles. The molecule has 0 radical (unpaired) electrons. The number of carbonyl (C=O) groups excluding carboxylic acids is 1. The van der Waals surface area contributed by atoms with Crippen LogP contribution in [0.3, 0.4) is 0 Å². The molecule has 1 aromatic carbocycles. The Hall–Kier alpha value is -1.61. The first-order valence-electron chi connectivity index (χ1n) is 6.54. The Morgan fingerprint density at radius 3 is 2.68 bits per heavy atom. The van der Waals surface area contributed by atoms with Gasteiger partial charge in [0.25, 0.3) is 0 Å². The van der Waals surface area contributed by atoms with Gasteiger partial charge in [0.2, 0.25) is 0 Å². The minimum atomic E-state index is -0.203. The van der Waals surface area contributed by atoms with Crippen LogP contribution < -0.4 is 0 Å². The number of aryl methyl sites for hydroxylation is 1. The van der Waals surface area contributed by atoms with Crippen molar-refractivity contribution in [2.75, 3.05) is 6.61 Å². The molecule has 2 rings (SSSR count). The van der Waals surface area contributed by atoms with E-state index in [0.717, 1.165) is 28.8 Å². The summed E-state index contributed by atoms with van der Waals surface area (Å²) in [7, 11) is 0. The van der Waals surface area contributed by atoms with Gasteiger partial charge in [0.15, 0.2) is 0 Å². The fourth-order valence-electron chi connectivity index (χ4n) is 1.88. The Balaban J connectivity index is 2.25. The maximum Gasteiger partial charge on any atom is 0.339 e. The molecule has 1 aromatic heterocycles. The first-order chi connectivity index (χ1) is 9.24. The standard InChI is InChI=1S/C16H18O2S/c1-3-4-10-18-16(17)14-12(2)11-19-15(14)13-8-6-5-7-9-13/h5-9,11H,3-4,10H2,1-2H3. The quantitative estimate of drug-likeness (QED) is 0.584. The molecule has 1 heterocycles. The first kappa shape index (κ1) is 13.8. The fraction of sp³-hybridized carbons (Fsp3) is 0.312. The fourth-order valence-corrected chi connectivity index (χ4v) is 2.93. The SMILES string of the molecule is CCCCOC(=O)c1c(C)csc1-c1ccccc1. The second-order valence-corrected chi connectivity index (χ2v) is 5.36. The highest BCUT2D eigenvalue weighted by molar-refractivity contribution is 7.14. The lowest BCUT2D eigenvalue weighted by Gasteiger charge is -2.06. The summed E-state index contributed by atoms with van der Waals surface area (Å²) < 4.78 is 5.34. The average molecular weight is 274 g/mol. The van der Waals surface area contributed by atoms with Crippen molar-refractivity contribution in [3.63, 3.8) is 0 Å². The lowest BCUT2D eigenvalue weighted by molar-refractivity contribution is 0.0500. The van der Waals surface area contributed by atoms with E-state index in [1.807, 2.05) is 42.6 Å². The Morgan fingerprint density at radius 2 is 2.00 bits per heavy atom. The van der Waals surface area contributed by atoms with Crippen LogP contribution in [0.1, 0.15) is 35.7 Å².